The molecule has 0 saturated carbocycles. The van der Waals surface area contributed by atoms with Crippen LogP contribution in [0.4, 0.5) is 11.4 Å². The highest BCUT2D eigenvalue weighted by Gasteiger charge is 2.20. The van der Waals surface area contributed by atoms with Crippen molar-refractivity contribution < 1.29 is 4.79 Å². The number of piperidine rings is 1. The van der Waals surface area contributed by atoms with Gasteiger partial charge in [0.1, 0.15) is 6.54 Å². The lowest BCUT2D eigenvalue weighted by Crippen LogP contribution is -2.37. The summed E-state index contributed by atoms with van der Waals surface area (Å²) in [7, 11) is 2.88. The van der Waals surface area contributed by atoms with Crippen molar-refractivity contribution in [3.63, 3.8) is 0 Å². The molecule has 3 heterocycles. The molecule has 3 aromatic rings. The van der Waals surface area contributed by atoms with Gasteiger partial charge in [-0.25, -0.2) is 4.79 Å². The van der Waals surface area contributed by atoms with Crippen molar-refractivity contribution in [2.75, 3.05) is 23.3 Å². The zero-order valence-electron chi connectivity index (χ0n) is 16.9. The van der Waals surface area contributed by atoms with E-state index in [0.29, 0.717) is 5.69 Å². The molecule has 1 amide bonds. The first-order chi connectivity index (χ1) is 14.4. The Morgan fingerprint density at radius 1 is 1.07 bits per heavy atom. The van der Waals surface area contributed by atoms with Gasteiger partial charge in [-0.1, -0.05) is 0 Å². The van der Waals surface area contributed by atoms with Gasteiger partial charge in [-0.15, -0.1) is 0 Å². The number of benzene rings is 1. The second-order valence-electron chi connectivity index (χ2n) is 7.49. The van der Waals surface area contributed by atoms with Crippen molar-refractivity contribution in [3.05, 3.63) is 50.4 Å². The van der Waals surface area contributed by atoms with Gasteiger partial charge >= 0.3 is 5.69 Å². The molecule has 10 heteroatoms. The number of rotatable bonds is 4. The van der Waals surface area contributed by atoms with Gasteiger partial charge in [0.05, 0.1) is 0 Å². The molecule has 1 aliphatic rings. The van der Waals surface area contributed by atoms with E-state index < -0.39 is 11.2 Å². The second kappa shape index (κ2) is 7.98. The molecular weight excluding hydrogens is 408 g/mol. The van der Waals surface area contributed by atoms with Crippen LogP contribution in [0.15, 0.2) is 33.9 Å². The minimum absolute atomic E-state index is 0.0288. The number of nitrogens with zero attached hydrogens (tertiary/aromatic N) is 5. The summed E-state index contributed by atoms with van der Waals surface area (Å²) >= 11 is 6.17. The van der Waals surface area contributed by atoms with Crippen molar-refractivity contribution in [2.45, 2.75) is 25.8 Å². The Balaban J connectivity index is 1.54. The third-order valence-corrected chi connectivity index (χ3v) is 5.76. The summed E-state index contributed by atoms with van der Waals surface area (Å²) in [5, 5.41) is 2.79. The monoisotopic (exact) mass is 430 g/mol. The Kier molecular flexibility index (Phi) is 5.38. The maximum atomic E-state index is 12.6. The SMILES string of the molecule is Cn1c(=O)c2c(nc(Cl)n2CC(=O)Nc2ccc(N3CCCCC3)cc2)n(C)c1=O. The summed E-state index contributed by atoms with van der Waals surface area (Å²) in [5.41, 5.74) is 0.993. The second-order valence-corrected chi connectivity index (χ2v) is 7.83. The van der Waals surface area contributed by atoms with Gasteiger partial charge in [-0.05, 0) is 55.1 Å². The van der Waals surface area contributed by atoms with E-state index in [0.717, 1.165) is 23.3 Å². The lowest BCUT2D eigenvalue weighted by Gasteiger charge is -2.28. The van der Waals surface area contributed by atoms with E-state index >= 15 is 0 Å². The van der Waals surface area contributed by atoms with Crippen LogP contribution < -0.4 is 21.5 Å². The molecule has 1 aliphatic heterocycles. The number of carbonyl (C=O) groups is 1. The standard InChI is InChI=1S/C20H23ClN6O3/c1-24-17-16(18(29)25(2)20(24)30)27(19(21)23-17)12-15(28)22-13-6-8-14(9-7-13)26-10-4-3-5-11-26/h6-9H,3-5,10-12H2,1-2H3,(H,22,28). The lowest BCUT2D eigenvalue weighted by molar-refractivity contribution is -0.116. The van der Waals surface area contributed by atoms with E-state index in [9.17, 15) is 14.4 Å². The largest absolute Gasteiger partial charge is 0.372 e. The van der Waals surface area contributed by atoms with Crippen LogP contribution in [0.25, 0.3) is 11.2 Å². The van der Waals surface area contributed by atoms with E-state index in [4.69, 9.17) is 11.6 Å². The van der Waals surface area contributed by atoms with Gasteiger partial charge in [0.2, 0.25) is 11.2 Å². The zero-order chi connectivity index (χ0) is 21.4. The summed E-state index contributed by atoms with van der Waals surface area (Å²) in [5.74, 6) is -0.349. The fourth-order valence-electron chi connectivity index (χ4n) is 3.82. The number of amides is 1. The van der Waals surface area contributed by atoms with Crippen LogP contribution in [-0.2, 0) is 25.4 Å². The Labute approximate surface area is 177 Å². The fourth-order valence-corrected chi connectivity index (χ4v) is 4.04. The molecule has 1 aromatic carbocycles. The molecule has 4 rings (SSSR count). The number of hydrogen-bond donors (Lipinski definition) is 1. The topological polar surface area (TPSA) is 94.2 Å². The average molecular weight is 431 g/mol. The smallest absolute Gasteiger partial charge is 0.332 e. The van der Waals surface area contributed by atoms with E-state index in [1.54, 1.807) is 0 Å². The Bertz CT molecular complexity index is 1220. The van der Waals surface area contributed by atoms with Crippen LogP contribution in [0.1, 0.15) is 19.3 Å². The highest BCUT2D eigenvalue weighted by molar-refractivity contribution is 6.29. The van der Waals surface area contributed by atoms with Crippen molar-refractivity contribution in [1.29, 1.82) is 0 Å². The van der Waals surface area contributed by atoms with E-state index in [1.807, 2.05) is 24.3 Å². The van der Waals surface area contributed by atoms with Crippen LogP contribution in [0, 0.1) is 0 Å². The first-order valence-electron chi connectivity index (χ1n) is 9.83. The summed E-state index contributed by atoms with van der Waals surface area (Å²) < 4.78 is 3.51. The van der Waals surface area contributed by atoms with Crippen LogP contribution in [0.5, 0.6) is 0 Å². The van der Waals surface area contributed by atoms with Gasteiger partial charge in [0, 0.05) is 38.6 Å². The normalized spacial score (nSPS) is 14.3. The summed E-state index contributed by atoms with van der Waals surface area (Å²) in [6.45, 7) is 1.90. The minimum Gasteiger partial charge on any atom is -0.372 e. The molecule has 0 spiro atoms. The molecular formula is C20H23ClN6O3. The lowest BCUT2D eigenvalue weighted by atomic mass is 10.1. The summed E-state index contributed by atoms with van der Waals surface area (Å²) in [6, 6.07) is 7.70. The maximum Gasteiger partial charge on any atom is 0.332 e. The number of halogens is 1. The van der Waals surface area contributed by atoms with Crippen LogP contribution >= 0.6 is 11.6 Å². The number of fused-ring (bicyclic) bond motifs is 1. The molecule has 2 aromatic heterocycles. The van der Waals surface area contributed by atoms with Crippen molar-refractivity contribution >= 4 is 40.0 Å². The quantitative estimate of drug-likeness (QED) is 0.636. The average Bonchev–Trinajstić information content (AvgIpc) is 3.08. The number of aryl methyl sites for hydroxylation is 1. The molecule has 0 bridgehead atoms. The van der Waals surface area contributed by atoms with Crippen LogP contribution in [0.2, 0.25) is 5.28 Å². The molecule has 0 radical (unpaired) electrons. The Hall–Kier alpha value is -3.07. The van der Waals surface area contributed by atoms with Gasteiger partial charge in [-0.3, -0.25) is 23.3 Å². The number of hydrogen-bond acceptors (Lipinski definition) is 5. The fraction of sp³-hybridized carbons (Fsp3) is 0.400. The molecule has 1 N–H and O–H groups in total. The highest BCUT2D eigenvalue weighted by atomic mass is 35.5. The van der Waals surface area contributed by atoms with Crippen LogP contribution in [-0.4, -0.2) is 37.7 Å². The number of imidazole rings is 1. The van der Waals surface area contributed by atoms with E-state index in [-0.39, 0.29) is 28.9 Å². The maximum absolute atomic E-state index is 12.6. The van der Waals surface area contributed by atoms with Gasteiger partial charge in [0.25, 0.3) is 5.56 Å². The minimum atomic E-state index is -0.550. The zero-order valence-corrected chi connectivity index (χ0v) is 17.6. The molecule has 0 atom stereocenters. The molecule has 9 nitrogen and oxygen atoms in total. The third-order valence-electron chi connectivity index (χ3n) is 5.48. The molecule has 0 aliphatic carbocycles. The van der Waals surface area contributed by atoms with Crippen LogP contribution in [0.3, 0.4) is 0 Å². The first kappa shape index (κ1) is 20.2. The van der Waals surface area contributed by atoms with E-state index in [2.05, 4.69) is 15.2 Å². The third kappa shape index (κ3) is 3.60. The summed E-state index contributed by atoms with van der Waals surface area (Å²) in [4.78, 5) is 43.7. The van der Waals surface area contributed by atoms with Gasteiger partial charge < -0.3 is 10.2 Å². The van der Waals surface area contributed by atoms with Crippen molar-refractivity contribution in [3.8, 4) is 0 Å². The molecule has 1 saturated heterocycles. The predicted octanol–water partition coefficient (Wildman–Crippen LogP) is 1.72. The molecule has 158 valence electrons. The Morgan fingerprint density at radius 3 is 2.40 bits per heavy atom. The van der Waals surface area contributed by atoms with Gasteiger partial charge in [0.15, 0.2) is 11.2 Å². The molecule has 1 fully saturated rings. The van der Waals surface area contributed by atoms with Crippen molar-refractivity contribution in [2.24, 2.45) is 14.1 Å². The molecule has 30 heavy (non-hydrogen) atoms. The number of nitrogens with one attached hydrogen (secondary N) is 1. The number of aromatic nitrogens is 4. The summed E-state index contributed by atoms with van der Waals surface area (Å²) in [6.07, 6.45) is 3.67. The molecule has 0 unspecified atom stereocenters. The highest BCUT2D eigenvalue weighted by Crippen LogP contribution is 2.22. The first-order valence-corrected chi connectivity index (χ1v) is 10.2. The van der Waals surface area contributed by atoms with E-state index in [1.165, 1.54) is 42.5 Å². The van der Waals surface area contributed by atoms with Gasteiger partial charge in [-0.2, -0.15) is 4.98 Å². The van der Waals surface area contributed by atoms with Crippen molar-refractivity contribution in [1.82, 2.24) is 18.7 Å². The predicted molar refractivity (Wildman–Crippen MR) is 116 cm³/mol. The number of anilines is 2. The number of carbonyl (C=O) groups excluding carboxylic acids is 1. The Morgan fingerprint density at radius 2 is 1.73 bits per heavy atom.